The highest BCUT2D eigenvalue weighted by molar-refractivity contribution is 7.22. The minimum Gasteiger partial charge on any atom is -0.392 e. The Morgan fingerprint density at radius 2 is 1.81 bits per heavy atom. The van der Waals surface area contributed by atoms with Gasteiger partial charge in [0.25, 0.3) is 0 Å². The molecule has 0 radical (unpaired) electrons. The molecule has 2 saturated heterocycles. The van der Waals surface area contributed by atoms with Crippen LogP contribution in [0.15, 0.2) is 40.9 Å². The molecule has 2 aromatic heterocycles. The van der Waals surface area contributed by atoms with Gasteiger partial charge in [-0.2, -0.15) is 0 Å². The monoisotopic (exact) mass is 554 g/mol. The van der Waals surface area contributed by atoms with Crippen LogP contribution in [-0.2, 0) is 13.2 Å². The third-order valence-electron chi connectivity index (χ3n) is 8.11. The Labute approximate surface area is 229 Å². The van der Waals surface area contributed by atoms with E-state index in [1.54, 1.807) is 11.3 Å². The van der Waals surface area contributed by atoms with Gasteiger partial charge >= 0.3 is 0 Å². The highest BCUT2D eigenvalue weighted by Gasteiger charge is 2.42. The summed E-state index contributed by atoms with van der Waals surface area (Å²) in [5, 5.41) is 20.1. The van der Waals surface area contributed by atoms with E-state index in [4.69, 9.17) is 32.7 Å². The van der Waals surface area contributed by atoms with E-state index in [0.29, 0.717) is 40.6 Å². The molecular weight excluding hydrogens is 527 g/mol. The number of fused-ring (bicyclic) bond motifs is 3. The van der Waals surface area contributed by atoms with Crippen molar-refractivity contribution in [2.45, 2.75) is 75.7 Å². The molecule has 2 N–H and O–H groups in total. The summed E-state index contributed by atoms with van der Waals surface area (Å²) >= 11 is 14.8. The van der Waals surface area contributed by atoms with Crippen LogP contribution in [0.3, 0.4) is 0 Å². The Morgan fingerprint density at radius 1 is 1.05 bits per heavy atom. The number of nitrogens with one attached hydrogen (secondary N) is 1. The fraction of sp³-hybridized carbons (Fsp3) is 0.429. The fourth-order valence-electron chi connectivity index (χ4n) is 6.15. The molecule has 9 heteroatoms. The van der Waals surface area contributed by atoms with E-state index in [1.807, 2.05) is 30.3 Å². The molecule has 192 valence electrons. The number of piperidine rings is 1. The summed E-state index contributed by atoms with van der Waals surface area (Å²) in [6, 6.07) is 13.0. The maximum absolute atomic E-state index is 9.50. The zero-order chi connectivity index (χ0) is 25.1. The first-order valence-electron chi connectivity index (χ1n) is 13.0. The minimum absolute atomic E-state index is 0.0600. The molecule has 4 aromatic rings. The molecule has 2 bridgehead atoms. The SMILES string of the molecule is OCc1ccc2nc(N3C4CCC3CC(NCc3c(-c5c(Cl)cccc5Cl)noc3C3CC3)C4)sc2c1. The molecule has 2 unspecified atom stereocenters. The van der Waals surface area contributed by atoms with Crippen LogP contribution in [0.4, 0.5) is 5.13 Å². The van der Waals surface area contributed by atoms with Gasteiger partial charge in [-0.3, -0.25) is 0 Å². The molecule has 2 aliphatic heterocycles. The standard InChI is InChI=1S/C28H28Cl2N4O2S/c29-21-2-1-3-22(30)25(21)26-20(27(36-33-26)16-5-6-16)13-31-17-11-18-7-8-19(12-17)34(18)28-32-23-9-4-15(14-35)10-24(23)37-28/h1-4,9-10,16-19,31,35H,5-8,11-14H2. The zero-order valence-corrected chi connectivity index (χ0v) is 22.6. The molecule has 7 rings (SSSR count). The third-order valence-corrected chi connectivity index (χ3v) is 9.77. The number of aromatic nitrogens is 2. The van der Waals surface area contributed by atoms with E-state index in [0.717, 1.165) is 69.2 Å². The van der Waals surface area contributed by atoms with Gasteiger partial charge in [0, 0.05) is 41.7 Å². The van der Waals surface area contributed by atoms with Crippen LogP contribution in [0.5, 0.6) is 0 Å². The molecule has 37 heavy (non-hydrogen) atoms. The number of aliphatic hydroxyl groups excluding tert-OH is 1. The lowest BCUT2D eigenvalue weighted by Gasteiger charge is -2.39. The first-order valence-corrected chi connectivity index (χ1v) is 14.6. The van der Waals surface area contributed by atoms with Crippen LogP contribution in [-0.4, -0.2) is 33.4 Å². The Kier molecular flexibility index (Phi) is 6.17. The molecule has 2 aromatic carbocycles. The summed E-state index contributed by atoms with van der Waals surface area (Å²) in [4.78, 5) is 7.52. The number of rotatable bonds is 7. The van der Waals surface area contributed by atoms with Gasteiger partial charge in [0.15, 0.2) is 5.13 Å². The van der Waals surface area contributed by atoms with E-state index >= 15 is 0 Å². The van der Waals surface area contributed by atoms with E-state index in [1.165, 1.54) is 12.8 Å². The lowest BCUT2D eigenvalue weighted by atomic mass is 9.97. The molecule has 6 nitrogen and oxygen atoms in total. The molecule has 0 amide bonds. The van der Waals surface area contributed by atoms with E-state index < -0.39 is 0 Å². The molecule has 2 atom stereocenters. The highest BCUT2D eigenvalue weighted by Crippen LogP contribution is 2.46. The van der Waals surface area contributed by atoms with Crippen molar-refractivity contribution in [3.05, 3.63) is 63.3 Å². The van der Waals surface area contributed by atoms with Crippen LogP contribution in [0.2, 0.25) is 10.0 Å². The van der Waals surface area contributed by atoms with Crippen molar-refractivity contribution in [1.29, 1.82) is 0 Å². The van der Waals surface area contributed by atoms with E-state index in [-0.39, 0.29) is 6.61 Å². The van der Waals surface area contributed by atoms with Crippen molar-refractivity contribution in [2.75, 3.05) is 4.90 Å². The van der Waals surface area contributed by atoms with Crippen molar-refractivity contribution in [3.63, 3.8) is 0 Å². The molecule has 1 saturated carbocycles. The van der Waals surface area contributed by atoms with E-state index in [9.17, 15) is 5.11 Å². The Balaban J connectivity index is 1.10. The number of anilines is 1. The third kappa shape index (κ3) is 4.35. The molecule has 1 aliphatic carbocycles. The minimum atomic E-state index is 0.0600. The van der Waals surface area contributed by atoms with Gasteiger partial charge in [-0.15, -0.1) is 0 Å². The van der Waals surface area contributed by atoms with E-state index in [2.05, 4.69) is 21.4 Å². The van der Waals surface area contributed by atoms with Crippen molar-refractivity contribution in [3.8, 4) is 11.3 Å². The molecule has 3 fully saturated rings. The summed E-state index contributed by atoms with van der Waals surface area (Å²) in [7, 11) is 0. The lowest BCUT2D eigenvalue weighted by Crippen LogP contribution is -2.49. The Morgan fingerprint density at radius 3 is 2.51 bits per heavy atom. The largest absolute Gasteiger partial charge is 0.392 e. The van der Waals surface area contributed by atoms with Gasteiger partial charge in [0.1, 0.15) is 11.5 Å². The quantitative estimate of drug-likeness (QED) is 0.258. The number of hydrogen-bond acceptors (Lipinski definition) is 7. The second-order valence-electron chi connectivity index (χ2n) is 10.5. The van der Waals surface area contributed by atoms with Gasteiger partial charge in [-0.25, -0.2) is 4.98 Å². The van der Waals surface area contributed by atoms with Crippen molar-refractivity contribution in [1.82, 2.24) is 15.5 Å². The fourth-order valence-corrected chi connectivity index (χ4v) is 7.90. The molecule has 3 aliphatic rings. The Bertz CT molecular complexity index is 1430. The number of nitrogens with zero attached hydrogens (tertiary/aromatic N) is 3. The summed E-state index contributed by atoms with van der Waals surface area (Å²) in [5.74, 6) is 1.43. The predicted octanol–water partition coefficient (Wildman–Crippen LogP) is 6.92. The highest BCUT2D eigenvalue weighted by atomic mass is 35.5. The van der Waals surface area contributed by atoms with Crippen LogP contribution in [0.1, 0.15) is 61.3 Å². The second-order valence-corrected chi connectivity index (χ2v) is 12.4. The summed E-state index contributed by atoms with van der Waals surface area (Å²) < 4.78 is 7.01. The van der Waals surface area contributed by atoms with Crippen LogP contribution in [0.25, 0.3) is 21.5 Å². The zero-order valence-electron chi connectivity index (χ0n) is 20.3. The van der Waals surface area contributed by atoms with Gasteiger partial charge in [0.2, 0.25) is 0 Å². The summed E-state index contributed by atoms with van der Waals surface area (Å²) in [6.45, 7) is 0.756. The topological polar surface area (TPSA) is 74.4 Å². The number of halogens is 2. The second kappa shape index (κ2) is 9.54. The number of aliphatic hydroxyl groups is 1. The number of hydrogen-bond donors (Lipinski definition) is 2. The average molecular weight is 556 g/mol. The maximum atomic E-state index is 9.50. The van der Waals surface area contributed by atoms with Crippen molar-refractivity contribution < 1.29 is 9.63 Å². The molecule has 4 heterocycles. The van der Waals surface area contributed by atoms with Gasteiger partial charge < -0.3 is 19.8 Å². The lowest BCUT2D eigenvalue weighted by molar-refractivity contribution is 0.282. The summed E-state index contributed by atoms with van der Waals surface area (Å²) in [5.41, 5.74) is 4.57. The maximum Gasteiger partial charge on any atom is 0.186 e. The number of thiazole rings is 1. The summed E-state index contributed by atoms with van der Waals surface area (Å²) in [6.07, 6.45) is 6.84. The van der Waals surface area contributed by atoms with Gasteiger partial charge in [-0.05, 0) is 68.4 Å². The predicted molar refractivity (Wildman–Crippen MR) is 149 cm³/mol. The van der Waals surface area contributed by atoms with Crippen LogP contribution < -0.4 is 10.2 Å². The normalized spacial score (nSPS) is 23.3. The van der Waals surface area contributed by atoms with Crippen molar-refractivity contribution >= 4 is 49.9 Å². The molecular formula is C28H28Cl2N4O2S. The van der Waals surface area contributed by atoms with Gasteiger partial charge in [-0.1, -0.05) is 51.8 Å². The first kappa shape index (κ1) is 23.9. The van der Waals surface area contributed by atoms with Crippen LogP contribution >= 0.6 is 34.5 Å². The van der Waals surface area contributed by atoms with Gasteiger partial charge in [0.05, 0.1) is 26.9 Å². The smallest absolute Gasteiger partial charge is 0.186 e. The van der Waals surface area contributed by atoms with Crippen molar-refractivity contribution in [2.24, 2.45) is 0 Å². The molecule has 0 spiro atoms. The first-order chi connectivity index (χ1) is 18.1. The Hall–Kier alpha value is -2.16. The average Bonchev–Trinajstić information content (AvgIpc) is 3.43. The van der Waals surface area contributed by atoms with Crippen LogP contribution in [0, 0.1) is 0 Å². The number of benzene rings is 2.